The van der Waals surface area contributed by atoms with E-state index in [9.17, 15) is 0 Å². The molecule has 0 radical (unpaired) electrons. The Hall–Kier alpha value is -1.08. The van der Waals surface area contributed by atoms with Crippen molar-refractivity contribution >= 4 is 5.57 Å². The predicted molar refractivity (Wildman–Crippen MR) is 61.1 cm³/mol. The average molecular weight is 187 g/mol. The summed E-state index contributed by atoms with van der Waals surface area (Å²) in [5, 5.41) is 3.42. The van der Waals surface area contributed by atoms with Crippen LogP contribution in [0, 0.1) is 5.92 Å². The predicted octanol–water partition coefficient (Wildman–Crippen LogP) is 2.70. The zero-order chi connectivity index (χ0) is 9.80. The largest absolute Gasteiger partial charge is 0.316 e. The molecule has 1 aliphatic heterocycles. The van der Waals surface area contributed by atoms with Crippen molar-refractivity contribution < 1.29 is 0 Å². The van der Waals surface area contributed by atoms with Gasteiger partial charge in [0.2, 0.25) is 0 Å². The molecule has 74 valence electrons. The first-order chi connectivity index (χ1) is 6.88. The van der Waals surface area contributed by atoms with Gasteiger partial charge in [-0.25, -0.2) is 0 Å². The Balaban J connectivity index is 2.07. The highest BCUT2D eigenvalue weighted by molar-refractivity contribution is 5.65. The van der Waals surface area contributed by atoms with Crippen molar-refractivity contribution in [1.29, 1.82) is 0 Å². The number of nitrogens with one attached hydrogen (secondary N) is 1. The summed E-state index contributed by atoms with van der Waals surface area (Å²) in [5.74, 6) is 0.631. The smallest absolute Gasteiger partial charge is 0.00201 e. The Morgan fingerprint density at radius 1 is 1.29 bits per heavy atom. The van der Waals surface area contributed by atoms with Crippen LogP contribution in [0.1, 0.15) is 18.4 Å². The van der Waals surface area contributed by atoms with Gasteiger partial charge in [-0.15, -0.1) is 0 Å². The molecule has 1 unspecified atom stereocenters. The molecule has 1 aromatic rings. The summed E-state index contributed by atoms with van der Waals surface area (Å²) in [6.07, 6.45) is 2.55. The van der Waals surface area contributed by atoms with Crippen LogP contribution in [0.2, 0.25) is 0 Å². The molecular weight excluding hydrogens is 170 g/mol. The highest BCUT2D eigenvalue weighted by Crippen LogP contribution is 2.26. The van der Waals surface area contributed by atoms with E-state index in [1.54, 1.807) is 0 Å². The third-order valence-electron chi connectivity index (χ3n) is 2.93. The maximum atomic E-state index is 4.21. The van der Waals surface area contributed by atoms with Gasteiger partial charge in [-0.2, -0.15) is 0 Å². The molecular formula is C13H17N. The van der Waals surface area contributed by atoms with Crippen LogP contribution in [0.3, 0.4) is 0 Å². The second kappa shape index (κ2) is 4.43. The number of hydrogen-bond donors (Lipinski definition) is 1. The summed E-state index contributed by atoms with van der Waals surface area (Å²) >= 11 is 0. The Labute approximate surface area is 85.8 Å². The van der Waals surface area contributed by atoms with Gasteiger partial charge in [-0.1, -0.05) is 36.9 Å². The lowest BCUT2D eigenvalue weighted by Gasteiger charge is -2.24. The maximum absolute atomic E-state index is 4.21. The number of hydrogen-bond acceptors (Lipinski definition) is 1. The fourth-order valence-electron chi connectivity index (χ4n) is 2.04. The molecule has 1 atom stereocenters. The quantitative estimate of drug-likeness (QED) is 0.750. The fraction of sp³-hybridized carbons (Fsp3) is 0.385. The lowest BCUT2D eigenvalue weighted by molar-refractivity contribution is 0.448. The van der Waals surface area contributed by atoms with E-state index in [0.717, 1.165) is 6.54 Å². The van der Waals surface area contributed by atoms with Crippen LogP contribution in [-0.4, -0.2) is 13.1 Å². The number of rotatable bonds is 2. The number of piperidine rings is 1. The summed E-state index contributed by atoms with van der Waals surface area (Å²) in [7, 11) is 0. The summed E-state index contributed by atoms with van der Waals surface area (Å²) in [6.45, 7) is 6.46. The van der Waals surface area contributed by atoms with Crippen molar-refractivity contribution in [2.45, 2.75) is 12.8 Å². The van der Waals surface area contributed by atoms with E-state index in [2.05, 4.69) is 42.2 Å². The highest BCUT2D eigenvalue weighted by atomic mass is 14.9. The molecule has 0 aliphatic carbocycles. The van der Waals surface area contributed by atoms with Crippen molar-refractivity contribution in [3.05, 3.63) is 42.5 Å². The summed E-state index contributed by atoms with van der Waals surface area (Å²) < 4.78 is 0. The first-order valence-electron chi connectivity index (χ1n) is 5.33. The molecule has 2 rings (SSSR count). The van der Waals surface area contributed by atoms with Gasteiger partial charge in [-0.05, 0) is 36.4 Å². The molecule has 1 heteroatoms. The van der Waals surface area contributed by atoms with E-state index in [-0.39, 0.29) is 0 Å². The molecule has 0 bridgehead atoms. The summed E-state index contributed by atoms with van der Waals surface area (Å²) in [6, 6.07) is 10.5. The molecule has 1 saturated heterocycles. The van der Waals surface area contributed by atoms with E-state index in [4.69, 9.17) is 0 Å². The van der Waals surface area contributed by atoms with E-state index in [0.29, 0.717) is 5.92 Å². The van der Waals surface area contributed by atoms with Crippen LogP contribution in [0.15, 0.2) is 36.9 Å². The maximum Gasteiger partial charge on any atom is 0.00201 e. The van der Waals surface area contributed by atoms with Crippen LogP contribution in [0.5, 0.6) is 0 Å². The molecule has 1 fully saturated rings. The van der Waals surface area contributed by atoms with Gasteiger partial charge in [0.1, 0.15) is 0 Å². The van der Waals surface area contributed by atoms with Gasteiger partial charge in [0, 0.05) is 6.54 Å². The molecule has 1 aliphatic rings. The van der Waals surface area contributed by atoms with Crippen molar-refractivity contribution in [1.82, 2.24) is 5.32 Å². The molecule has 14 heavy (non-hydrogen) atoms. The molecule has 0 saturated carbocycles. The van der Waals surface area contributed by atoms with Crippen LogP contribution >= 0.6 is 0 Å². The van der Waals surface area contributed by atoms with Crippen LogP contribution in [0.4, 0.5) is 0 Å². The average Bonchev–Trinajstić information content (AvgIpc) is 2.30. The van der Waals surface area contributed by atoms with E-state index < -0.39 is 0 Å². The zero-order valence-electron chi connectivity index (χ0n) is 8.50. The van der Waals surface area contributed by atoms with Gasteiger partial charge in [-0.3, -0.25) is 0 Å². The van der Waals surface area contributed by atoms with Crippen LogP contribution in [-0.2, 0) is 0 Å². The Morgan fingerprint density at radius 2 is 2.07 bits per heavy atom. The van der Waals surface area contributed by atoms with Gasteiger partial charge < -0.3 is 5.32 Å². The minimum atomic E-state index is 0.631. The van der Waals surface area contributed by atoms with Crippen molar-refractivity contribution in [2.24, 2.45) is 5.92 Å². The molecule has 1 heterocycles. The zero-order valence-corrected chi connectivity index (χ0v) is 8.50. The lowest BCUT2D eigenvalue weighted by Crippen LogP contribution is -2.30. The minimum absolute atomic E-state index is 0.631. The van der Waals surface area contributed by atoms with E-state index in [1.807, 2.05) is 0 Å². The van der Waals surface area contributed by atoms with Crippen LogP contribution < -0.4 is 5.32 Å². The SMILES string of the molecule is C=C(c1ccccc1)C1CCCNC1. The lowest BCUT2D eigenvalue weighted by atomic mass is 9.88. The van der Waals surface area contributed by atoms with Gasteiger partial charge in [0.25, 0.3) is 0 Å². The molecule has 0 spiro atoms. The number of benzene rings is 1. The van der Waals surface area contributed by atoms with Crippen LogP contribution in [0.25, 0.3) is 5.57 Å². The third-order valence-corrected chi connectivity index (χ3v) is 2.93. The van der Waals surface area contributed by atoms with E-state index >= 15 is 0 Å². The Kier molecular flexibility index (Phi) is 3.00. The van der Waals surface area contributed by atoms with Gasteiger partial charge in [0.15, 0.2) is 0 Å². The highest BCUT2D eigenvalue weighted by Gasteiger charge is 2.16. The topological polar surface area (TPSA) is 12.0 Å². The standard InChI is InChI=1S/C13H17N/c1-11(12-6-3-2-4-7-12)13-8-5-9-14-10-13/h2-4,6-7,13-14H,1,5,8-10H2. The minimum Gasteiger partial charge on any atom is -0.316 e. The second-order valence-corrected chi connectivity index (χ2v) is 3.93. The Morgan fingerprint density at radius 3 is 2.71 bits per heavy atom. The van der Waals surface area contributed by atoms with E-state index in [1.165, 1.54) is 30.5 Å². The first kappa shape index (κ1) is 9.47. The van der Waals surface area contributed by atoms with Gasteiger partial charge >= 0.3 is 0 Å². The normalized spacial score (nSPS) is 21.9. The van der Waals surface area contributed by atoms with Crippen molar-refractivity contribution in [3.63, 3.8) is 0 Å². The monoisotopic (exact) mass is 187 g/mol. The third kappa shape index (κ3) is 2.05. The molecule has 0 amide bonds. The van der Waals surface area contributed by atoms with Crippen molar-refractivity contribution in [2.75, 3.05) is 13.1 Å². The first-order valence-corrected chi connectivity index (χ1v) is 5.33. The Bertz CT molecular complexity index is 296. The second-order valence-electron chi connectivity index (χ2n) is 3.93. The van der Waals surface area contributed by atoms with Gasteiger partial charge in [0.05, 0.1) is 0 Å². The van der Waals surface area contributed by atoms with Crippen molar-refractivity contribution in [3.8, 4) is 0 Å². The molecule has 0 aromatic heterocycles. The summed E-state index contributed by atoms with van der Waals surface area (Å²) in [4.78, 5) is 0. The molecule has 1 N–H and O–H groups in total. The fourth-order valence-corrected chi connectivity index (χ4v) is 2.04. The molecule has 1 aromatic carbocycles. The molecule has 1 nitrogen and oxygen atoms in total. The summed E-state index contributed by atoms with van der Waals surface area (Å²) in [5.41, 5.74) is 2.58.